The molecule has 0 aromatic heterocycles. The highest BCUT2D eigenvalue weighted by molar-refractivity contribution is 5.87. The first kappa shape index (κ1) is 20.3. The highest BCUT2D eigenvalue weighted by Crippen LogP contribution is 2.50. The lowest BCUT2D eigenvalue weighted by Gasteiger charge is -2.20. The molecule has 0 amide bonds. The normalized spacial score (nSPS) is 10.3. The van der Waals surface area contributed by atoms with Gasteiger partial charge in [-0.25, -0.2) is 13.2 Å². The SMILES string of the molecule is COc1cc(OC)c(-c2c(OCF)cc(OCF)cc2OCF)c(OC)c1. The van der Waals surface area contributed by atoms with E-state index in [1.807, 2.05) is 0 Å². The van der Waals surface area contributed by atoms with E-state index in [0.29, 0.717) is 11.3 Å². The van der Waals surface area contributed by atoms with Gasteiger partial charge in [-0.15, -0.1) is 0 Å². The van der Waals surface area contributed by atoms with Crippen molar-refractivity contribution in [2.24, 2.45) is 0 Å². The van der Waals surface area contributed by atoms with Gasteiger partial charge in [-0.05, 0) is 0 Å². The minimum Gasteiger partial charge on any atom is -0.496 e. The predicted octanol–water partition coefficient (Wildman–Crippen LogP) is 4.30. The first-order chi connectivity index (χ1) is 13.1. The molecule has 0 aliphatic heterocycles. The van der Waals surface area contributed by atoms with Crippen molar-refractivity contribution >= 4 is 0 Å². The summed E-state index contributed by atoms with van der Waals surface area (Å²) in [5.41, 5.74) is 0.451. The number of hydrogen-bond donors (Lipinski definition) is 0. The lowest BCUT2D eigenvalue weighted by atomic mass is 10.00. The van der Waals surface area contributed by atoms with E-state index >= 15 is 0 Å². The zero-order valence-corrected chi connectivity index (χ0v) is 15.0. The molecule has 2 aromatic carbocycles. The molecule has 0 aliphatic carbocycles. The third kappa shape index (κ3) is 4.42. The molecule has 27 heavy (non-hydrogen) atoms. The maximum absolute atomic E-state index is 13.0. The zero-order valence-electron chi connectivity index (χ0n) is 15.0. The van der Waals surface area contributed by atoms with Gasteiger partial charge in [-0.2, -0.15) is 0 Å². The van der Waals surface area contributed by atoms with Crippen LogP contribution in [0.3, 0.4) is 0 Å². The quantitative estimate of drug-likeness (QED) is 0.605. The van der Waals surface area contributed by atoms with Gasteiger partial charge in [-0.1, -0.05) is 0 Å². The van der Waals surface area contributed by atoms with Crippen molar-refractivity contribution in [3.05, 3.63) is 24.3 Å². The van der Waals surface area contributed by atoms with Crippen LogP contribution >= 0.6 is 0 Å². The van der Waals surface area contributed by atoms with Crippen molar-refractivity contribution in [1.82, 2.24) is 0 Å². The van der Waals surface area contributed by atoms with E-state index in [2.05, 4.69) is 0 Å². The van der Waals surface area contributed by atoms with Crippen molar-refractivity contribution in [3.63, 3.8) is 0 Å². The molecule has 0 radical (unpaired) electrons. The molecule has 148 valence electrons. The number of rotatable bonds is 10. The fraction of sp³-hybridized carbons (Fsp3) is 0.333. The summed E-state index contributed by atoms with van der Waals surface area (Å²) < 4.78 is 69.2. The molecule has 0 fully saturated rings. The number of benzene rings is 2. The van der Waals surface area contributed by atoms with Crippen molar-refractivity contribution < 1.29 is 41.6 Å². The van der Waals surface area contributed by atoms with E-state index in [0.717, 1.165) is 0 Å². The molecule has 0 saturated heterocycles. The Bertz CT molecular complexity index is 717. The van der Waals surface area contributed by atoms with E-state index < -0.39 is 20.6 Å². The topological polar surface area (TPSA) is 55.4 Å². The van der Waals surface area contributed by atoms with Crippen LogP contribution in [0.25, 0.3) is 11.1 Å². The van der Waals surface area contributed by atoms with Crippen LogP contribution in [0.2, 0.25) is 0 Å². The van der Waals surface area contributed by atoms with Crippen molar-refractivity contribution in [1.29, 1.82) is 0 Å². The molecule has 2 rings (SSSR count). The Morgan fingerprint density at radius 2 is 0.963 bits per heavy atom. The minimum atomic E-state index is -1.19. The third-order valence-electron chi connectivity index (χ3n) is 3.65. The van der Waals surface area contributed by atoms with Crippen LogP contribution in [0.15, 0.2) is 24.3 Å². The molecule has 6 nitrogen and oxygen atoms in total. The second kappa shape index (κ2) is 9.65. The van der Waals surface area contributed by atoms with E-state index in [1.54, 1.807) is 12.1 Å². The van der Waals surface area contributed by atoms with Crippen molar-refractivity contribution in [2.45, 2.75) is 0 Å². The molecule has 0 atom stereocenters. The van der Waals surface area contributed by atoms with Gasteiger partial charge < -0.3 is 28.4 Å². The lowest BCUT2D eigenvalue weighted by Crippen LogP contribution is -2.03. The monoisotopic (exact) mass is 388 g/mol. The first-order valence-corrected chi connectivity index (χ1v) is 7.68. The summed E-state index contributed by atoms with van der Waals surface area (Å²) in [5.74, 6) is 0.809. The molecule has 0 spiro atoms. The summed E-state index contributed by atoms with van der Waals surface area (Å²) in [7, 11) is 4.28. The number of alkyl halides is 3. The summed E-state index contributed by atoms with van der Waals surface area (Å²) in [6, 6.07) is 5.62. The maximum atomic E-state index is 13.0. The van der Waals surface area contributed by atoms with Crippen LogP contribution in [-0.4, -0.2) is 41.9 Å². The molecule has 0 bridgehead atoms. The first-order valence-electron chi connectivity index (χ1n) is 7.68. The van der Waals surface area contributed by atoms with Crippen LogP contribution in [-0.2, 0) is 0 Å². The predicted molar refractivity (Wildman–Crippen MR) is 91.3 cm³/mol. The second-order valence-electron chi connectivity index (χ2n) is 4.96. The molecule has 0 saturated carbocycles. The van der Waals surface area contributed by atoms with Gasteiger partial charge in [0.1, 0.15) is 34.5 Å². The average molecular weight is 388 g/mol. The van der Waals surface area contributed by atoms with Crippen LogP contribution in [0.4, 0.5) is 13.2 Å². The summed E-state index contributed by atoms with van der Waals surface area (Å²) in [6.45, 7) is -3.53. The summed E-state index contributed by atoms with van der Waals surface area (Å²) in [4.78, 5) is 0. The van der Waals surface area contributed by atoms with Crippen LogP contribution in [0.1, 0.15) is 0 Å². The standard InChI is InChI=1S/C18H19F3O6/c1-22-11-4-13(23-2)17(14(5-11)24-3)18-15(26-9-20)6-12(25-8-19)7-16(18)27-10-21/h4-7H,8-10H2,1-3H3. The summed E-state index contributed by atoms with van der Waals surface area (Å²) in [5, 5.41) is 0. The fourth-order valence-electron chi connectivity index (χ4n) is 2.56. The van der Waals surface area contributed by atoms with Crippen LogP contribution < -0.4 is 28.4 Å². The van der Waals surface area contributed by atoms with Gasteiger partial charge in [0.05, 0.1) is 32.5 Å². The lowest BCUT2D eigenvalue weighted by molar-refractivity contribution is 0.173. The van der Waals surface area contributed by atoms with E-state index in [4.69, 9.17) is 28.4 Å². The Balaban J connectivity index is 2.82. The van der Waals surface area contributed by atoms with E-state index in [1.165, 1.54) is 33.5 Å². The maximum Gasteiger partial charge on any atom is 0.228 e. The molecule has 0 aliphatic rings. The Morgan fingerprint density at radius 1 is 0.556 bits per heavy atom. The number of hydrogen-bond acceptors (Lipinski definition) is 6. The highest BCUT2D eigenvalue weighted by atomic mass is 19.1. The molecular weight excluding hydrogens is 369 g/mol. The van der Waals surface area contributed by atoms with Gasteiger partial charge in [0.25, 0.3) is 0 Å². The summed E-state index contributed by atoms with van der Waals surface area (Å²) in [6.07, 6.45) is 0. The Hall–Kier alpha value is -2.97. The number of halogens is 3. The van der Waals surface area contributed by atoms with E-state index in [-0.39, 0.29) is 34.3 Å². The Kier molecular flexibility index (Phi) is 7.27. The fourth-order valence-corrected chi connectivity index (χ4v) is 2.56. The molecule has 2 aromatic rings. The van der Waals surface area contributed by atoms with Gasteiger partial charge in [-0.3, -0.25) is 0 Å². The highest BCUT2D eigenvalue weighted by Gasteiger charge is 2.25. The van der Waals surface area contributed by atoms with Crippen LogP contribution in [0.5, 0.6) is 34.5 Å². The van der Waals surface area contributed by atoms with E-state index in [9.17, 15) is 13.2 Å². The Morgan fingerprint density at radius 3 is 1.33 bits per heavy atom. The van der Waals surface area contributed by atoms with Crippen molar-refractivity contribution in [3.8, 4) is 45.6 Å². The van der Waals surface area contributed by atoms with Gasteiger partial charge in [0.2, 0.25) is 20.6 Å². The third-order valence-corrected chi connectivity index (χ3v) is 3.65. The molecule has 0 N–H and O–H groups in total. The second-order valence-corrected chi connectivity index (χ2v) is 4.96. The smallest absolute Gasteiger partial charge is 0.228 e. The number of ether oxygens (including phenoxy) is 6. The zero-order chi connectivity index (χ0) is 19.8. The average Bonchev–Trinajstić information content (AvgIpc) is 2.68. The van der Waals surface area contributed by atoms with Crippen molar-refractivity contribution in [2.75, 3.05) is 41.9 Å². The van der Waals surface area contributed by atoms with Gasteiger partial charge in [0, 0.05) is 24.3 Å². The summed E-state index contributed by atoms with van der Waals surface area (Å²) >= 11 is 0. The van der Waals surface area contributed by atoms with Gasteiger partial charge in [0.15, 0.2) is 0 Å². The molecule has 0 unspecified atom stereocenters. The van der Waals surface area contributed by atoms with Crippen LogP contribution in [0, 0.1) is 0 Å². The Labute approximate surface area is 154 Å². The van der Waals surface area contributed by atoms with Gasteiger partial charge >= 0.3 is 0 Å². The number of methoxy groups -OCH3 is 3. The molecule has 0 heterocycles. The minimum absolute atomic E-state index is 0.0282. The molecule has 9 heteroatoms. The largest absolute Gasteiger partial charge is 0.496 e. The molecular formula is C18H19F3O6.